The van der Waals surface area contributed by atoms with E-state index in [-0.39, 0.29) is 6.04 Å². The van der Waals surface area contributed by atoms with E-state index in [1.54, 1.807) is 0 Å². The Morgan fingerprint density at radius 2 is 2.00 bits per heavy atom. The summed E-state index contributed by atoms with van der Waals surface area (Å²) in [7, 11) is 0. The molecule has 0 aliphatic rings. The van der Waals surface area contributed by atoms with E-state index in [0.29, 0.717) is 6.54 Å². The Balaban J connectivity index is 1.95. The van der Waals surface area contributed by atoms with Gasteiger partial charge in [-0.15, -0.1) is 0 Å². The zero-order chi connectivity index (χ0) is 12.3. The van der Waals surface area contributed by atoms with Gasteiger partial charge < -0.3 is 5.32 Å². The average Bonchev–Trinajstić information content (AvgIpc) is 2.73. The molecule has 5 heteroatoms. The number of aryl methyl sites for hydroxylation is 1. The zero-order valence-corrected chi connectivity index (χ0v) is 10.5. The number of hydrogen-bond acceptors (Lipinski definition) is 4. The van der Waals surface area contributed by atoms with Crippen LogP contribution in [0, 0.1) is 6.92 Å². The van der Waals surface area contributed by atoms with Crippen molar-refractivity contribution in [2.75, 3.05) is 0 Å². The summed E-state index contributed by atoms with van der Waals surface area (Å²) >= 11 is 5.84. The van der Waals surface area contributed by atoms with Crippen molar-refractivity contribution < 1.29 is 4.63 Å². The number of rotatable bonds is 4. The van der Waals surface area contributed by atoms with Gasteiger partial charge >= 0.3 is 0 Å². The van der Waals surface area contributed by atoms with E-state index < -0.39 is 0 Å². The van der Waals surface area contributed by atoms with Crippen LogP contribution < -0.4 is 5.32 Å². The highest BCUT2D eigenvalue weighted by atomic mass is 35.5. The van der Waals surface area contributed by atoms with Gasteiger partial charge in [-0.3, -0.25) is 0 Å². The van der Waals surface area contributed by atoms with Crippen LogP contribution in [0.25, 0.3) is 0 Å². The average molecular weight is 252 g/mol. The molecule has 1 aromatic carbocycles. The summed E-state index contributed by atoms with van der Waals surface area (Å²) in [6.07, 6.45) is 0. The highest BCUT2D eigenvalue weighted by molar-refractivity contribution is 6.30. The van der Waals surface area contributed by atoms with Crippen LogP contribution in [0.4, 0.5) is 0 Å². The molecule has 0 spiro atoms. The number of hydrogen-bond donors (Lipinski definition) is 1. The van der Waals surface area contributed by atoms with Crippen LogP contribution in [0.1, 0.15) is 29.9 Å². The molecule has 1 heterocycles. The molecule has 0 amide bonds. The van der Waals surface area contributed by atoms with Gasteiger partial charge in [0.25, 0.3) is 0 Å². The van der Waals surface area contributed by atoms with E-state index in [1.807, 2.05) is 31.2 Å². The van der Waals surface area contributed by atoms with Crippen molar-refractivity contribution in [3.8, 4) is 0 Å². The second-order valence-electron chi connectivity index (χ2n) is 3.95. The van der Waals surface area contributed by atoms with Gasteiger partial charge in [-0.2, -0.15) is 0 Å². The summed E-state index contributed by atoms with van der Waals surface area (Å²) in [4.78, 5) is 0. The fourth-order valence-electron chi connectivity index (χ4n) is 1.53. The normalized spacial score (nSPS) is 12.6. The van der Waals surface area contributed by atoms with Gasteiger partial charge in [-0.25, -0.2) is 4.63 Å². The largest absolute Gasteiger partial charge is 0.304 e. The second-order valence-corrected chi connectivity index (χ2v) is 4.39. The Hall–Kier alpha value is -1.39. The molecule has 1 aromatic heterocycles. The molecule has 17 heavy (non-hydrogen) atoms. The van der Waals surface area contributed by atoms with Crippen LogP contribution in [0.3, 0.4) is 0 Å². The number of nitrogens with one attached hydrogen (secondary N) is 1. The van der Waals surface area contributed by atoms with Crippen LogP contribution >= 0.6 is 11.6 Å². The minimum absolute atomic E-state index is 0.225. The van der Waals surface area contributed by atoms with Gasteiger partial charge in [0.1, 0.15) is 11.4 Å². The minimum Gasteiger partial charge on any atom is -0.304 e. The number of aromatic nitrogens is 2. The lowest BCUT2D eigenvalue weighted by Crippen LogP contribution is -2.18. The van der Waals surface area contributed by atoms with Gasteiger partial charge in [0.15, 0.2) is 0 Å². The molecule has 0 unspecified atom stereocenters. The standard InChI is InChI=1S/C12H14ClN3O/c1-8(10-3-5-11(13)6-4-10)14-7-12-9(2)15-17-16-12/h3-6,8,14H,7H2,1-2H3/t8-/m1/s1. The summed E-state index contributed by atoms with van der Waals surface area (Å²) in [6.45, 7) is 4.60. The number of halogens is 1. The summed E-state index contributed by atoms with van der Waals surface area (Å²) < 4.78 is 4.64. The first-order chi connectivity index (χ1) is 8.16. The van der Waals surface area contributed by atoms with Crippen molar-refractivity contribution in [3.63, 3.8) is 0 Å². The van der Waals surface area contributed by atoms with Crippen molar-refractivity contribution in [1.82, 2.24) is 15.6 Å². The maximum Gasteiger partial charge on any atom is 0.121 e. The molecule has 2 aromatic rings. The molecule has 0 aliphatic heterocycles. The highest BCUT2D eigenvalue weighted by Crippen LogP contribution is 2.16. The first kappa shape index (κ1) is 12.1. The van der Waals surface area contributed by atoms with Crippen molar-refractivity contribution in [1.29, 1.82) is 0 Å². The molecule has 0 fully saturated rings. The fourth-order valence-corrected chi connectivity index (χ4v) is 1.65. The SMILES string of the molecule is Cc1nonc1CN[C@H](C)c1ccc(Cl)cc1. The van der Waals surface area contributed by atoms with E-state index >= 15 is 0 Å². The van der Waals surface area contributed by atoms with Crippen molar-refractivity contribution in [2.24, 2.45) is 0 Å². The van der Waals surface area contributed by atoms with Crippen LogP contribution in [0.5, 0.6) is 0 Å². The maximum absolute atomic E-state index is 5.84. The summed E-state index contributed by atoms with van der Waals surface area (Å²) in [6, 6.07) is 8.01. The van der Waals surface area contributed by atoms with E-state index in [4.69, 9.17) is 11.6 Å². The highest BCUT2D eigenvalue weighted by Gasteiger charge is 2.08. The lowest BCUT2D eigenvalue weighted by atomic mass is 10.1. The summed E-state index contributed by atoms with van der Waals surface area (Å²) in [5.74, 6) is 0. The second kappa shape index (κ2) is 5.29. The Bertz CT molecular complexity index is 481. The Kier molecular flexibility index (Phi) is 3.76. The number of nitrogens with zero attached hydrogens (tertiary/aromatic N) is 2. The van der Waals surface area contributed by atoms with E-state index in [9.17, 15) is 0 Å². The van der Waals surface area contributed by atoms with Crippen LogP contribution in [0.15, 0.2) is 28.9 Å². The summed E-state index contributed by atoms with van der Waals surface area (Å²) in [5, 5.41) is 11.7. The lowest BCUT2D eigenvalue weighted by Gasteiger charge is -2.13. The molecule has 0 radical (unpaired) electrons. The quantitative estimate of drug-likeness (QED) is 0.908. The third-order valence-corrected chi connectivity index (χ3v) is 2.94. The van der Waals surface area contributed by atoms with E-state index in [0.717, 1.165) is 16.4 Å². The maximum atomic E-state index is 5.84. The Labute approximate surface area is 105 Å². The molecule has 0 aliphatic carbocycles. The third kappa shape index (κ3) is 3.05. The lowest BCUT2D eigenvalue weighted by molar-refractivity contribution is 0.300. The van der Waals surface area contributed by atoms with Gasteiger partial charge in [0.2, 0.25) is 0 Å². The molecular formula is C12H14ClN3O. The molecule has 0 bridgehead atoms. The Morgan fingerprint density at radius 3 is 2.59 bits per heavy atom. The Morgan fingerprint density at radius 1 is 1.29 bits per heavy atom. The van der Waals surface area contributed by atoms with E-state index in [1.165, 1.54) is 5.56 Å². The van der Waals surface area contributed by atoms with E-state index in [2.05, 4.69) is 27.2 Å². The van der Waals surface area contributed by atoms with Crippen molar-refractivity contribution in [3.05, 3.63) is 46.2 Å². The first-order valence-corrected chi connectivity index (χ1v) is 5.81. The topological polar surface area (TPSA) is 51.0 Å². The van der Waals surface area contributed by atoms with Crippen LogP contribution in [-0.4, -0.2) is 10.3 Å². The molecule has 1 atom stereocenters. The first-order valence-electron chi connectivity index (χ1n) is 5.43. The molecule has 0 saturated heterocycles. The molecule has 0 saturated carbocycles. The fraction of sp³-hybridized carbons (Fsp3) is 0.333. The van der Waals surface area contributed by atoms with Crippen molar-refractivity contribution in [2.45, 2.75) is 26.4 Å². The van der Waals surface area contributed by atoms with Crippen molar-refractivity contribution >= 4 is 11.6 Å². The molecule has 1 N–H and O–H groups in total. The summed E-state index contributed by atoms with van der Waals surface area (Å²) in [5.41, 5.74) is 2.84. The zero-order valence-electron chi connectivity index (χ0n) is 9.77. The molecule has 4 nitrogen and oxygen atoms in total. The molecular weight excluding hydrogens is 238 g/mol. The van der Waals surface area contributed by atoms with Gasteiger partial charge in [0.05, 0.1) is 0 Å². The predicted molar refractivity (Wildman–Crippen MR) is 65.7 cm³/mol. The molecule has 90 valence electrons. The molecule has 2 rings (SSSR count). The number of benzene rings is 1. The monoisotopic (exact) mass is 251 g/mol. The van der Waals surface area contributed by atoms with Gasteiger partial charge in [0, 0.05) is 17.6 Å². The van der Waals surface area contributed by atoms with Gasteiger partial charge in [-0.05, 0) is 31.5 Å². The van der Waals surface area contributed by atoms with Crippen LogP contribution in [-0.2, 0) is 6.54 Å². The smallest absolute Gasteiger partial charge is 0.121 e. The minimum atomic E-state index is 0.225. The van der Waals surface area contributed by atoms with Gasteiger partial charge in [-0.1, -0.05) is 34.0 Å². The van der Waals surface area contributed by atoms with Crippen LogP contribution in [0.2, 0.25) is 5.02 Å². The predicted octanol–water partition coefficient (Wildman–Crippen LogP) is 2.88. The third-order valence-electron chi connectivity index (χ3n) is 2.69.